The molecule has 170 valence electrons. The van der Waals surface area contributed by atoms with E-state index in [0.717, 1.165) is 34.3 Å². The van der Waals surface area contributed by atoms with Crippen LogP contribution in [-0.4, -0.2) is 29.3 Å². The van der Waals surface area contributed by atoms with E-state index in [1.54, 1.807) is 18.6 Å². The number of para-hydroxylation sites is 2. The van der Waals surface area contributed by atoms with E-state index in [9.17, 15) is 0 Å². The fraction of sp³-hybridized carbons (Fsp3) is 0. The van der Waals surface area contributed by atoms with Crippen molar-refractivity contribution in [2.24, 2.45) is 0 Å². The van der Waals surface area contributed by atoms with Crippen molar-refractivity contribution in [3.8, 4) is 34.3 Å². The van der Waals surface area contributed by atoms with Gasteiger partial charge >= 0.3 is 0 Å². The molecule has 0 saturated heterocycles. The summed E-state index contributed by atoms with van der Waals surface area (Å²) in [4.78, 5) is 8.72. The topological polar surface area (TPSA) is 61.4 Å². The molecule has 0 aliphatic heterocycles. The lowest BCUT2D eigenvalue weighted by Crippen LogP contribution is -2.02. The molecule has 0 bridgehead atoms. The summed E-state index contributed by atoms with van der Waals surface area (Å²) in [5.74, 6) is 2.21. The Bertz CT molecular complexity index is 1760. The van der Waals surface area contributed by atoms with E-state index < -0.39 is 0 Å². The highest BCUT2D eigenvalue weighted by Gasteiger charge is 2.18. The maximum atomic E-state index is 4.58. The summed E-state index contributed by atoms with van der Waals surface area (Å²) in [7, 11) is 0. The lowest BCUT2D eigenvalue weighted by molar-refractivity contribution is 1.01. The van der Waals surface area contributed by atoms with Gasteiger partial charge in [-0.2, -0.15) is 0 Å². The predicted molar refractivity (Wildman–Crippen MR) is 142 cm³/mol. The molecule has 0 saturated carbocycles. The first-order valence-corrected chi connectivity index (χ1v) is 11.7. The zero-order valence-corrected chi connectivity index (χ0v) is 19.2. The van der Waals surface area contributed by atoms with Gasteiger partial charge in [0.25, 0.3) is 0 Å². The molecular weight excluding hydrogens is 444 g/mol. The summed E-state index contributed by atoms with van der Waals surface area (Å²) in [6.45, 7) is 0. The Kier molecular flexibility index (Phi) is 4.67. The first-order valence-electron chi connectivity index (χ1n) is 11.7. The molecule has 0 aliphatic rings. The Morgan fingerprint density at radius 1 is 0.472 bits per heavy atom. The molecule has 0 N–H and O–H groups in total. The van der Waals surface area contributed by atoms with Crippen molar-refractivity contribution in [2.75, 3.05) is 0 Å². The summed E-state index contributed by atoms with van der Waals surface area (Å²) in [5.41, 5.74) is 5.34. The van der Waals surface area contributed by atoms with Crippen molar-refractivity contribution in [2.45, 2.75) is 0 Å². The van der Waals surface area contributed by atoms with Gasteiger partial charge in [0.15, 0.2) is 11.6 Å². The Morgan fingerprint density at radius 2 is 1.06 bits per heavy atom. The van der Waals surface area contributed by atoms with Gasteiger partial charge in [-0.15, -0.1) is 10.2 Å². The van der Waals surface area contributed by atoms with Gasteiger partial charge in [0.1, 0.15) is 5.82 Å². The van der Waals surface area contributed by atoms with Crippen LogP contribution in [0.25, 0.3) is 56.1 Å². The van der Waals surface area contributed by atoms with Gasteiger partial charge in [-0.1, -0.05) is 42.5 Å². The lowest BCUT2D eigenvalue weighted by Gasteiger charge is -2.11. The number of aromatic nitrogens is 6. The minimum absolute atomic E-state index is 0.720. The first-order chi connectivity index (χ1) is 17.9. The molecule has 0 fully saturated rings. The van der Waals surface area contributed by atoms with Crippen LogP contribution in [0.5, 0.6) is 0 Å². The van der Waals surface area contributed by atoms with E-state index in [0.29, 0.717) is 0 Å². The van der Waals surface area contributed by atoms with Crippen LogP contribution < -0.4 is 0 Å². The number of hydrogen-bond donors (Lipinski definition) is 0. The van der Waals surface area contributed by atoms with Crippen LogP contribution in [0.1, 0.15) is 0 Å². The fourth-order valence-corrected chi connectivity index (χ4v) is 4.82. The highest BCUT2D eigenvalue weighted by Crippen LogP contribution is 2.33. The SMILES string of the molecule is c1ccc(-n2c(-c3ccncc3)nnc2-c2ccc(-n3c4ccccc4c4ccccc43)cc2)nc1. The van der Waals surface area contributed by atoms with Crippen LogP contribution >= 0.6 is 0 Å². The second-order valence-corrected chi connectivity index (χ2v) is 8.52. The third-order valence-corrected chi connectivity index (χ3v) is 6.44. The van der Waals surface area contributed by atoms with E-state index in [-0.39, 0.29) is 0 Å². The number of rotatable bonds is 4. The second kappa shape index (κ2) is 8.29. The first kappa shape index (κ1) is 20.3. The standard InChI is InChI=1S/C30H20N6/c1-3-9-26-24(7-1)25-8-2-4-10-27(25)35(26)23-14-12-21(13-15-23)29-33-34-30(22-16-19-31-20-17-22)36(29)28-11-5-6-18-32-28/h1-20H. The van der Waals surface area contributed by atoms with E-state index in [2.05, 4.69) is 97.5 Å². The summed E-state index contributed by atoms with van der Waals surface area (Å²) >= 11 is 0. The van der Waals surface area contributed by atoms with Crippen LogP contribution in [0, 0.1) is 0 Å². The number of hydrogen-bond acceptors (Lipinski definition) is 4. The maximum Gasteiger partial charge on any atom is 0.170 e. The van der Waals surface area contributed by atoms with Crippen molar-refractivity contribution >= 4 is 21.8 Å². The highest BCUT2D eigenvalue weighted by atomic mass is 15.3. The van der Waals surface area contributed by atoms with Crippen molar-refractivity contribution in [1.29, 1.82) is 0 Å². The Morgan fingerprint density at radius 3 is 1.67 bits per heavy atom. The molecule has 4 heterocycles. The number of fused-ring (bicyclic) bond motifs is 3. The van der Waals surface area contributed by atoms with Gasteiger partial charge in [0.2, 0.25) is 0 Å². The molecule has 4 aromatic heterocycles. The van der Waals surface area contributed by atoms with Crippen molar-refractivity contribution < 1.29 is 0 Å². The van der Waals surface area contributed by atoms with Crippen molar-refractivity contribution in [3.63, 3.8) is 0 Å². The number of pyridine rings is 2. The Balaban J connectivity index is 1.39. The van der Waals surface area contributed by atoms with E-state index in [4.69, 9.17) is 0 Å². The summed E-state index contributed by atoms with van der Waals surface area (Å²) in [6, 6.07) is 35.2. The molecule has 7 aromatic rings. The summed E-state index contributed by atoms with van der Waals surface area (Å²) < 4.78 is 4.30. The fourth-order valence-electron chi connectivity index (χ4n) is 4.82. The predicted octanol–water partition coefficient (Wildman–Crippen LogP) is 6.49. The van der Waals surface area contributed by atoms with Gasteiger partial charge in [-0.25, -0.2) is 4.98 Å². The molecule has 0 aliphatic carbocycles. The summed E-state index contributed by atoms with van der Waals surface area (Å²) in [6.07, 6.45) is 5.29. The number of nitrogens with zero attached hydrogens (tertiary/aromatic N) is 6. The van der Waals surface area contributed by atoms with Gasteiger partial charge in [0, 0.05) is 46.2 Å². The molecule has 3 aromatic carbocycles. The molecule has 0 amide bonds. The Labute approximate surface area is 207 Å². The Hall–Kier alpha value is -5.10. The molecule has 0 unspecified atom stereocenters. The quantitative estimate of drug-likeness (QED) is 0.299. The van der Waals surface area contributed by atoms with E-state index in [1.165, 1.54) is 21.8 Å². The third-order valence-electron chi connectivity index (χ3n) is 6.44. The van der Waals surface area contributed by atoms with Crippen LogP contribution in [0.4, 0.5) is 0 Å². The van der Waals surface area contributed by atoms with Gasteiger partial charge in [-0.3, -0.25) is 9.55 Å². The van der Waals surface area contributed by atoms with Gasteiger partial charge in [-0.05, 0) is 60.7 Å². The average Bonchev–Trinajstić information content (AvgIpc) is 3.54. The normalized spacial score (nSPS) is 11.3. The van der Waals surface area contributed by atoms with Crippen LogP contribution in [-0.2, 0) is 0 Å². The largest absolute Gasteiger partial charge is 0.309 e. The van der Waals surface area contributed by atoms with Gasteiger partial charge < -0.3 is 4.57 Å². The minimum atomic E-state index is 0.720. The zero-order chi connectivity index (χ0) is 23.9. The van der Waals surface area contributed by atoms with E-state index in [1.807, 2.05) is 34.9 Å². The molecular formula is C30H20N6. The molecule has 6 nitrogen and oxygen atoms in total. The monoisotopic (exact) mass is 464 g/mol. The maximum absolute atomic E-state index is 4.58. The van der Waals surface area contributed by atoms with Crippen LogP contribution in [0.3, 0.4) is 0 Å². The second-order valence-electron chi connectivity index (χ2n) is 8.52. The molecule has 7 rings (SSSR count). The van der Waals surface area contributed by atoms with Crippen molar-refractivity contribution in [3.05, 3.63) is 122 Å². The average molecular weight is 465 g/mol. The molecule has 0 spiro atoms. The smallest absolute Gasteiger partial charge is 0.170 e. The minimum Gasteiger partial charge on any atom is -0.309 e. The van der Waals surface area contributed by atoms with E-state index >= 15 is 0 Å². The third kappa shape index (κ3) is 3.20. The highest BCUT2D eigenvalue weighted by molar-refractivity contribution is 6.09. The molecule has 6 heteroatoms. The summed E-state index contributed by atoms with van der Waals surface area (Å²) in [5, 5.41) is 11.6. The number of benzene rings is 3. The van der Waals surface area contributed by atoms with Crippen molar-refractivity contribution in [1.82, 2.24) is 29.3 Å². The van der Waals surface area contributed by atoms with Crippen LogP contribution in [0.15, 0.2) is 122 Å². The zero-order valence-electron chi connectivity index (χ0n) is 19.2. The lowest BCUT2D eigenvalue weighted by atomic mass is 10.1. The molecule has 0 radical (unpaired) electrons. The molecule has 0 atom stereocenters. The van der Waals surface area contributed by atoms with Crippen LogP contribution in [0.2, 0.25) is 0 Å². The molecule has 36 heavy (non-hydrogen) atoms. The van der Waals surface area contributed by atoms with Gasteiger partial charge in [0.05, 0.1) is 11.0 Å².